The van der Waals surface area contributed by atoms with E-state index in [0.717, 1.165) is 5.82 Å². The van der Waals surface area contributed by atoms with Gasteiger partial charge in [-0.25, -0.2) is 4.68 Å². The third kappa shape index (κ3) is 1.63. The van der Waals surface area contributed by atoms with Gasteiger partial charge in [0.05, 0.1) is 12.2 Å². The molecule has 2 heterocycles. The highest BCUT2D eigenvalue weighted by atomic mass is 15.3. The number of nitrogens with zero attached hydrogens (tertiary/aromatic N) is 2. The van der Waals surface area contributed by atoms with Crippen LogP contribution in [0.15, 0.2) is 36.5 Å². The van der Waals surface area contributed by atoms with E-state index in [4.69, 9.17) is 0 Å². The predicted octanol–water partition coefficient (Wildman–Crippen LogP) is 3.53. The molecule has 1 N–H and O–H groups in total. The van der Waals surface area contributed by atoms with E-state index in [-0.39, 0.29) is 6.04 Å². The summed E-state index contributed by atoms with van der Waals surface area (Å²) in [6.45, 7) is 6.33. The standard InChI is InChI=1S/C15H17N3/c1-10-6-4-5-7-13(10)14-8-12(3)18-15(17-14)11(2)9-16-18/h4-9,14,17H,1-3H3. The zero-order valence-electron chi connectivity index (χ0n) is 10.9. The molecule has 18 heavy (non-hydrogen) atoms. The maximum atomic E-state index is 4.37. The Morgan fingerprint density at radius 2 is 1.89 bits per heavy atom. The molecule has 0 bridgehead atoms. The van der Waals surface area contributed by atoms with E-state index < -0.39 is 0 Å². The lowest BCUT2D eigenvalue weighted by atomic mass is 9.99. The van der Waals surface area contributed by atoms with Gasteiger partial charge in [-0.2, -0.15) is 5.10 Å². The zero-order valence-corrected chi connectivity index (χ0v) is 10.9. The molecule has 1 aromatic carbocycles. The molecular formula is C15H17N3. The largest absolute Gasteiger partial charge is 0.359 e. The topological polar surface area (TPSA) is 29.9 Å². The Hall–Kier alpha value is -2.03. The van der Waals surface area contributed by atoms with Crippen molar-refractivity contribution in [3.05, 3.63) is 53.2 Å². The van der Waals surface area contributed by atoms with Crippen molar-refractivity contribution in [1.82, 2.24) is 9.78 Å². The maximum Gasteiger partial charge on any atom is 0.133 e. The lowest BCUT2D eigenvalue weighted by Gasteiger charge is -2.25. The molecule has 0 radical (unpaired) electrons. The van der Waals surface area contributed by atoms with Crippen molar-refractivity contribution in [1.29, 1.82) is 0 Å². The number of hydrogen-bond donors (Lipinski definition) is 1. The molecule has 3 heteroatoms. The molecule has 0 saturated carbocycles. The minimum Gasteiger partial charge on any atom is -0.359 e. The average molecular weight is 239 g/mol. The number of hydrogen-bond acceptors (Lipinski definition) is 2. The smallest absolute Gasteiger partial charge is 0.133 e. The third-order valence-electron chi connectivity index (χ3n) is 3.51. The van der Waals surface area contributed by atoms with Gasteiger partial charge in [-0.1, -0.05) is 24.3 Å². The van der Waals surface area contributed by atoms with Crippen LogP contribution in [0.2, 0.25) is 0 Å². The molecule has 3 nitrogen and oxygen atoms in total. The summed E-state index contributed by atoms with van der Waals surface area (Å²) in [6.07, 6.45) is 4.13. The lowest BCUT2D eigenvalue weighted by molar-refractivity contribution is 0.822. The number of allylic oxidation sites excluding steroid dienone is 1. The van der Waals surface area contributed by atoms with Crippen LogP contribution in [0.3, 0.4) is 0 Å². The van der Waals surface area contributed by atoms with E-state index in [1.165, 1.54) is 22.4 Å². The van der Waals surface area contributed by atoms with Crippen molar-refractivity contribution in [2.45, 2.75) is 26.8 Å². The minimum atomic E-state index is 0.231. The summed E-state index contributed by atoms with van der Waals surface area (Å²) in [5.74, 6) is 1.10. The van der Waals surface area contributed by atoms with Crippen molar-refractivity contribution in [2.24, 2.45) is 0 Å². The summed E-state index contributed by atoms with van der Waals surface area (Å²) in [5.41, 5.74) is 4.99. The Labute approximate surface area is 107 Å². The van der Waals surface area contributed by atoms with Crippen LogP contribution < -0.4 is 5.32 Å². The molecule has 1 atom stereocenters. The highest BCUT2D eigenvalue weighted by molar-refractivity contribution is 5.62. The van der Waals surface area contributed by atoms with Gasteiger partial charge in [-0.05, 0) is 38.0 Å². The highest BCUT2D eigenvalue weighted by Gasteiger charge is 2.20. The van der Waals surface area contributed by atoms with Crippen LogP contribution in [-0.4, -0.2) is 9.78 Å². The van der Waals surface area contributed by atoms with E-state index >= 15 is 0 Å². The van der Waals surface area contributed by atoms with Crippen molar-refractivity contribution in [2.75, 3.05) is 5.32 Å². The molecule has 1 unspecified atom stereocenters. The second-order valence-electron chi connectivity index (χ2n) is 4.87. The number of benzene rings is 1. The molecule has 1 aliphatic rings. The van der Waals surface area contributed by atoms with Gasteiger partial charge in [0.1, 0.15) is 5.82 Å². The van der Waals surface area contributed by atoms with E-state index in [2.05, 4.69) is 61.5 Å². The third-order valence-corrected chi connectivity index (χ3v) is 3.51. The fourth-order valence-corrected chi connectivity index (χ4v) is 2.48. The summed E-state index contributed by atoms with van der Waals surface area (Å²) in [7, 11) is 0. The zero-order chi connectivity index (χ0) is 12.7. The highest BCUT2D eigenvalue weighted by Crippen LogP contribution is 2.32. The number of nitrogens with one attached hydrogen (secondary N) is 1. The van der Waals surface area contributed by atoms with Gasteiger partial charge in [0.2, 0.25) is 0 Å². The fourth-order valence-electron chi connectivity index (χ4n) is 2.48. The summed E-state index contributed by atoms with van der Waals surface area (Å²) in [4.78, 5) is 0. The monoisotopic (exact) mass is 239 g/mol. The van der Waals surface area contributed by atoms with Crippen molar-refractivity contribution in [3.8, 4) is 0 Å². The van der Waals surface area contributed by atoms with E-state index in [9.17, 15) is 0 Å². The second-order valence-corrected chi connectivity index (χ2v) is 4.87. The van der Waals surface area contributed by atoms with Gasteiger partial charge in [-0.3, -0.25) is 0 Å². The molecule has 92 valence electrons. The Bertz CT molecular complexity index is 622. The van der Waals surface area contributed by atoms with Crippen molar-refractivity contribution in [3.63, 3.8) is 0 Å². The van der Waals surface area contributed by atoms with Crippen LogP contribution in [-0.2, 0) is 0 Å². The average Bonchev–Trinajstić information content (AvgIpc) is 2.72. The number of aromatic nitrogens is 2. The van der Waals surface area contributed by atoms with E-state index in [1.54, 1.807) is 0 Å². The molecule has 3 rings (SSSR count). The normalized spacial score (nSPS) is 17.9. The second kappa shape index (κ2) is 4.02. The van der Waals surface area contributed by atoms with Gasteiger partial charge < -0.3 is 5.32 Å². The van der Waals surface area contributed by atoms with E-state index in [1.807, 2.05) is 10.9 Å². The summed E-state index contributed by atoms with van der Waals surface area (Å²) in [5, 5.41) is 7.93. The SMILES string of the molecule is CC1=CC(c2ccccc2C)Nc2c(C)cnn21. The van der Waals surface area contributed by atoms with Crippen LogP contribution in [0, 0.1) is 13.8 Å². The molecule has 0 saturated heterocycles. The van der Waals surface area contributed by atoms with E-state index in [0.29, 0.717) is 0 Å². The molecule has 0 amide bonds. The molecular weight excluding hydrogens is 222 g/mol. The molecule has 1 aromatic heterocycles. The van der Waals surface area contributed by atoms with Crippen LogP contribution in [0.1, 0.15) is 29.7 Å². The van der Waals surface area contributed by atoms with Gasteiger partial charge in [0.15, 0.2) is 0 Å². The number of fused-ring (bicyclic) bond motifs is 1. The number of aryl methyl sites for hydroxylation is 2. The van der Waals surface area contributed by atoms with Crippen LogP contribution >= 0.6 is 0 Å². The predicted molar refractivity (Wildman–Crippen MR) is 74.5 cm³/mol. The minimum absolute atomic E-state index is 0.231. The lowest BCUT2D eigenvalue weighted by Crippen LogP contribution is -2.19. The Morgan fingerprint density at radius 3 is 2.67 bits per heavy atom. The molecule has 0 aliphatic carbocycles. The quantitative estimate of drug-likeness (QED) is 0.825. The summed E-state index contributed by atoms with van der Waals surface area (Å²) in [6, 6.07) is 8.73. The van der Waals surface area contributed by atoms with Crippen LogP contribution in [0.4, 0.5) is 5.82 Å². The van der Waals surface area contributed by atoms with Crippen molar-refractivity contribution >= 4 is 11.5 Å². The Balaban J connectivity index is 2.06. The fraction of sp³-hybridized carbons (Fsp3) is 0.267. The van der Waals surface area contributed by atoms with Crippen molar-refractivity contribution < 1.29 is 0 Å². The Kier molecular flexibility index (Phi) is 2.47. The first-order chi connectivity index (χ1) is 8.66. The van der Waals surface area contributed by atoms with Gasteiger partial charge >= 0.3 is 0 Å². The first-order valence-corrected chi connectivity index (χ1v) is 6.22. The van der Waals surface area contributed by atoms with Crippen LogP contribution in [0.25, 0.3) is 5.70 Å². The number of anilines is 1. The summed E-state index contributed by atoms with van der Waals surface area (Å²) < 4.78 is 1.96. The van der Waals surface area contributed by atoms with Gasteiger partial charge in [0.25, 0.3) is 0 Å². The van der Waals surface area contributed by atoms with Gasteiger partial charge in [0, 0.05) is 11.3 Å². The van der Waals surface area contributed by atoms with Gasteiger partial charge in [-0.15, -0.1) is 0 Å². The molecule has 2 aromatic rings. The first-order valence-electron chi connectivity index (χ1n) is 6.22. The number of rotatable bonds is 1. The summed E-state index contributed by atoms with van der Waals surface area (Å²) >= 11 is 0. The molecule has 0 fully saturated rings. The van der Waals surface area contributed by atoms with Crippen LogP contribution in [0.5, 0.6) is 0 Å². The molecule has 0 spiro atoms. The Morgan fingerprint density at radius 1 is 1.11 bits per heavy atom. The first kappa shape index (κ1) is 11.1. The molecule has 1 aliphatic heterocycles. The maximum absolute atomic E-state index is 4.37.